The number of rotatable bonds is 5. The maximum Gasteiger partial charge on any atom is 0.124 e. The number of hydrogen-bond donors (Lipinski definition) is 0. The van der Waals surface area contributed by atoms with Crippen molar-refractivity contribution in [2.75, 3.05) is 0 Å². The Labute approximate surface area is 270 Å². The monoisotopic (exact) mass is 605 g/mol. The minimum Gasteiger partial charge on any atom is -0.309 e. The van der Waals surface area contributed by atoms with E-state index >= 15 is 0 Å². The fourth-order valence-corrected chi connectivity index (χ4v) is 7.36. The summed E-state index contributed by atoms with van der Waals surface area (Å²) in [6.07, 6.45) is 1.98. The first-order valence-corrected chi connectivity index (χ1v) is 16.2. The molecule has 0 radical (unpaired) electrons. The summed E-state index contributed by atoms with van der Waals surface area (Å²) in [5.41, 5.74) is 12.3. The fourth-order valence-electron chi connectivity index (χ4n) is 6.40. The fraction of sp³-hybridized carbons (Fsp3) is 0. The molecule has 0 saturated carbocycles. The van der Waals surface area contributed by atoms with Gasteiger partial charge in [0.1, 0.15) is 5.01 Å². The third kappa shape index (κ3) is 4.59. The van der Waals surface area contributed by atoms with Gasteiger partial charge in [-0.05, 0) is 59.2 Å². The lowest BCUT2D eigenvalue weighted by atomic mass is 10.0. The van der Waals surface area contributed by atoms with E-state index in [4.69, 9.17) is 9.97 Å². The van der Waals surface area contributed by atoms with Crippen molar-refractivity contribution in [1.29, 1.82) is 0 Å². The van der Waals surface area contributed by atoms with Crippen LogP contribution in [-0.2, 0) is 0 Å². The Morgan fingerprint density at radius 3 is 1.96 bits per heavy atom. The van der Waals surface area contributed by atoms with E-state index < -0.39 is 0 Å². The van der Waals surface area contributed by atoms with E-state index in [9.17, 15) is 0 Å². The lowest BCUT2D eigenvalue weighted by Crippen LogP contribution is -1.95. The lowest BCUT2D eigenvalue weighted by molar-refractivity contribution is 1.18. The number of hydrogen-bond acceptors (Lipinski definition) is 3. The third-order valence-electron chi connectivity index (χ3n) is 8.70. The zero-order chi connectivity index (χ0) is 30.5. The molecule has 0 fully saturated rings. The minimum absolute atomic E-state index is 0.947. The molecule has 0 aliphatic carbocycles. The Bertz CT molecular complexity index is 2470. The van der Waals surface area contributed by atoms with Gasteiger partial charge in [0.15, 0.2) is 0 Å². The highest BCUT2D eigenvalue weighted by Crippen LogP contribution is 2.37. The lowest BCUT2D eigenvalue weighted by Gasteiger charge is -2.11. The second-order valence-electron chi connectivity index (χ2n) is 11.5. The summed E-state index contributed by atoms with van der Waals surface area (Å²) in [6.45, 7) is 0. The van der Waals surface area contributed by atoms with E-state index in [0.717, 1.165) is 49.7 Å². The summed E-state index contributed by atoms with van der Waals surface area (Å²) >= 11 is 1.74. The molecule has 3 aromatic heterocycles. The van der Waals surface area contributed by atoms with Crippen molar-refractivity contribution in [3.05, 3.63) is 164 Å². The first-order chi connectivity index (χ1) is 22.8. The van der Waals surface area contributed by atoms with Crippen LogP contribution in [0, 0.1) is 0 Å². The van der Waals surface area contributed by atoms with Gasteiger partial charge in [-0.1, -0.05) is 115 Å². The number of aromatic nitrogens is 3. The quantitative estimate of drug-likeness (QED) is 0.195. The molecule has 216 valence electrons. The molecule has 0 atom stereocenters. The molecule has 3 heterocycles. The van der Waals surface area contributed by atoms with E-state index in [0.29, 0.717) is 0 Å². The van der Waals surface area contributed by atoms with Gasteiger partial charge in [0, 0.05) is 39.3 Å². The zero-order valence-electron chi connectivity index (χ0n) is 24.8. The van der Waals surface area contributed by atoms with Gasteiger partial charge in [-0.2, -0.15) is 0 Å². The smallest absolute Gasteiger partial charge is 0.124 e. The summed E-state index contributed by atoms with van der Waals surface area (Å²) < 4.78 is 3.57. The van der Waals surface area contributed by atoms with Crippen LogP contribution in [0.4, 0.5) is 0 Å². The van der Waals surface area contributed by atoms with Gasteiger partial charge in [-0.25, -0.2) is 4.98 Å². The van der Waals surface area contributed by atoms with Crippen molar-refractivity contribution >= 4 is 43.4 Å². The molecule has 9 rings (SSSR count). The van der Waals surface area contributed by atoms with E-state index in [1.807, 2.05) is 18.3 Å². The Hall–Kier alpha value is -5.84. The average Bonchev–Trinajstić information content (AvgIpc) is 3.72. The predicted molar refractivity (Wildman–Crippen MR) is 193 cm³/mol. The maximum atomic E-state index is 4.95. The Balaban J connectivity index is 1.09. The number of thiazole rings is 1. The van der Waals surface area contributed by atoms with Crippen LogP contribution in [0.15, 0.2) is 164 Å². The molecule has 46 heavy (non-hydrogen) atoms. The summed E-state index contributed by atoms with van der Waals surface area (Å²) in [5.74, 6) is 0. The first-order valence-electron chi connectivity index (χ1n) is 15.4. The average molecular weight is 606 g/mol. The van der Waals surface area contributed by atoms with Crippen molar-refractivity contribution in [3.63, 3.8) is 0 Å². The predicted octanol–water partition coefficient (Wildman–Crippen LogP) is 11.5. The van der Waals surface area contributed by atoms with Crippen molar-refractivity contribution < 1.29 is 0 Å². The van der Waals surface area contributed by atoms with Crippen LogP contribution < -0.4 is 0 Å². The van der Waals surface area contributed by atoms with Gasteiger partial charge in [-0.15, -0.1) is 11.3 Å². The van der Waals surface area contributed by atoms with Crippen LogP contribution >= 0.6 is 11.3 Å². The van der Waals surface area contributed by atoms with E-state index in [1.54, 1.807) is 11.3 Å². The molecular weight excluding hydrogens is 579 g/mol. The standard InChI is InChI=1S/C42H27N3S/c1-2-9-28(10-3-1)29-17-19-30(20-18-29)33-22-24-37(43-27-33)31-11-8-12-34(25-31)45-39-15-6-4-13-35(39)36-23-21-32(26-40(36)45)42-44-38-14-5-7-16-41(38)46-42/h1-27H. The molecule has 4 heteroatoms. The molecule has 0 bridgehead atoms. The highest BCUT2D eigenvalue weighted by molar-refractivity contribution is 7.21. The Morgan fingerprint density at radius 2 is 1.13 bits per heavy atom. The van der Waals surface area contributed by atoms with Crippen molar-refractivity contribution in [2.45, 2.75) is 0 Å². The zero-order valence-corrected chi connectivity index (χ0v) is 25.7. The van der Waals surface area contributed by atoms with Crippen LogP contribution in [0.3, 0.4) is 0 Å². The van der Waals surface area contributed by atoms with Crippen LogP contribution in [0.5, 0.6) is 0 Å². The molecule has 0 aliphatic rings. The van der Waals surface area contributed by atoms with E-state index in [1.165, 1.54) is 32.1 Å². The Morgan fingerprint density at radius 1 is 0.457 bits per heavy atom. The first kappa shape index (κ1) is 26.6. The normalized spacial score (nSPS) is 11.5. The molecule has 9 aromatic rings. The van der Waals surface area contributed by atoms with Gasteiger partial charge >= 0.3 is 0 Å². The summed E-state index contributed by atoms with van der Waals surface area (Å²) in [6, 6.07) is 55.9. The SMILES string of the molecule is c1ccc(-c2ccc(-c3ccc(-c4cccc(-n5c6ccccc6c6ccc(-c7nc8ccccc8s7)cc65)c4)nc3)cc2)cc1. The second kappa shape index (κ2) is 11.0. The third-order valence-corrected chi connectivity index (χ3v) is 9.79. The summed E-state index contributed by atoms with van der Waals surface area (Å²) in [4.78, 5) is 9.86. The van der Waals surface area contributed by atoms with Gasteiger partial charge in [0.05, 0.1) is 26.9 Å². The number of nitrogens with zero attached hydrogens (tertiary/aromatic N) is 3. The topological polar surface area (TPSA) is 30.7 Å². The number of benzene rings is 6. The van der Waals surface area contributed by atoms with Crippen LogP contribution in [-0.4, -0.2) is 14.5 Å². The van der Waals surface area contributed by atoms with Crippen LogP contribution in [0.2, 0.25) is 0 Å². The summed E-state index contributed by atoms with van der Waals surface area (Å²) in [7, 11) is 0. The largest absolute Gasteiger partial charge is 0.309 e. The van der Waals surface area contributed by atoms with E-state index in [2.05, 4.69) is 150 Å². The molecule has 6 aromatic carbocycles. The number of para-hydroxylation sites is 2. The van der Waals surface area contributed by atoms with Crippen molar-refractivity contribution in [1.82, 2.24) is 14.5 Å². The molecule has 0 saturated heterocycles. The summed E-state index contributed by atoms with van der Waals surface area (Å²) in [5, 5.41) is 3.50. The van der Waals surface area contributed by atoms with Gasteiger partial charge in [-0.3, -0.25) is 4.98 Å². The van der Waals surface area contributed by atoms with Gasteiger partial charge in [0.2, 0.25) is 0 Å². The molecule has 3 nitrogen and oxygen atoms in total. The van der Waals surface area contributed by atoms with Crippen LogP contribution in [0.25, 0.3) is 81.8 Å². The van der Waals surface area contributed by atoms with Crippen LogP contribution in [0.1, 0.15) is 0 Å². The molecule has 0 amide bonds. The minimum atomic E-state index is 0.947. The van der Waals surface area contributed by atoms with Crippen molar-refractivity contribution in [2.24, 2.45) is 0 Å². The molecular formula is C42H27N3S. The molecule has 0 spiro atoms. The Kier molecular flexibility index (Phi) is 6.32. The second-order valence-corrected chi connectivity index (χ2v) is 12.5. The van der Waals surface area contributed by atoms with Gasteiger partial charge in [0.25, 0.3) is 0 Å². The maximum absolute atomic E-state index is 4.95. The van der Waals surface area contributed by atoms with E-state index in [-0.39, 0.29) is 0 Å². The molecule has 0 unspecified atom stereocenters. The number of pyridine rings is 1. The highest BCUT2D eigenvalue weighted by atomic mass is 32.1. The molecule has 0 aliphatic heterocycles. The van der Waals surface area contributed by atoms with Gasteiger partial charge < -0.3 is 4.57 Å². The van der Waals surface area contributed by atoms with Crippen molar-refractivity contribution in [3.8, 4) is 49.8 Å². The number of fused-ring (bicyclic) bond motifs is 4. The highest BCUT2D eigenvalue weighted by Gasteiger charge is 2.15. The molecule has 0 N–H and O–H groups in total.